The number of rotatable bonds is 7. The van der Waals surface area contributed by atoms with Crippen LogP contribution in [0.3, 0.4) is 0 Å². The number of carboxylic acids is 1. The summed E-state index contributed by atoms with van der Waals surface area (Å²) in [4.78, 5) is 30.8. The summed E-state index contributed by atoms with van der Waals surface area (Å²) >= 11 is 1.64. The van der Waals surface area contributed by atoms with Crippen LogP contribution in [0.1, 0.15) is 42.5 Å². The van der Waals surface area contributed by atoms with Gasteiger partial charge in [0, 0.05) is 31.4 Å². The van der Waals surface area contributed by atoms with Crippen LogP contribution in [0.25, 0.3) is 10.2 Å². The minimum atomic E-state index is -0.845. The van der Waals surface area contributed by atoms with E-state index in [0.717, 1.165) is 29.5 Å². The Morgan fingerprint density at radius 2 is 2.28 bits per heavy atom. The lowest BCUT2D eigenvalue weighted by atomic mass is 9.89. The number of carboxylic acid groups (broad SMARTS) is 1. The minimum Gasteiger partial charge on any atom is -0.481 e. The second-order valence-electron chi connectivity index (χ2n) is 6.76. The van der Waals surface area contributed by atoms with Gasteiger partial charge < -0.3 is 9.84 Å². The number of aliphatic carboxylic acids is 1. The van der Waals surface area contributed by atoms with Gasteiger partial charge in [0.1, 0.15) is 10.7 Å². The topological polar surface area (TPSA) is 81.4 Å². The largest absolute Gasteiger partial charge is 0.481 e. The van der Waals surface area contributed by atoms with Gasteiger partial charge in [-0.1, -0.05) is 6.92 Å². The summed E-state index contributed by atoms with van der Waals surface area (Å²) in [6.45, 7) is 3.11. The molecule has 2 aromatic heterocycles. The van der Waals surface area contributed by atoms with E-state index in [-0.39, 0.29) is 12.0 Å². The molecule has 2 heterocycles. The third-order valence-corrected chi connectivity index (χ3v) is 5.94. The summed E-state index contributed by atoms with van der Waals surface area (Å²) in [5, 5.41) is 9.62. The normalized spacial score (nSPS) is 17.0. The van der Waals surface area contributed by atoms with Crippen molar-refractivity contribution in [3.05, 3.63) is 26.6 Å². The molecule has 2 aromatic rings. The van der Waals surface area contributed by atoms with Gasteiger partial charge in [-0.2, -0.15) is 0 Å². The molecule has 1 N–H and O–H groups in total. The van der Waals surface area contributed by atoms with E-state index in [9.17, 15) is 9.59 Å². The molecule has 7 heteroatoms. The molecule has 0 saturated heterocycles. The molecular formula is C18H24N2O4S. The summed E-state index contributed by atoms with van der Waals surface area (Å²) < 4.78 is 6.81. The van der Waals surface area contributed by atoms with Crippen molar-refractivity contribution in [1.82, 2.24) is 9.55 Å². The summed E-state index contributed by atoms with van der Waals surface area (Å²) in [7, 11) is 1.62. The summed E-state index contributed by atoms with van der Waals surface area (Å²) in [6.07, 6.45) is 4.07. The monoisotopic (exact) mass is 364 g/mol. The van der Waals surface area contributed by atoms with Crippen molar-refractivity contribution in [2.75, 3.05) is 13.7 Å². The van der Waals surface area contributed by atoms with Crippen LogP contribution in [0.2, 0.25) is 0 Å². The van der Waals surface area contributed by atoms with Crippen LogP contribution >= 0.6 is 11.3 Å². The summed E-state index contributed by atoms with van der Waals surface area (Å²) in [6, 6.07) is 0. The molecule has 0 bridgehead atoms. The second kappa shape index (κ2) is 7.66. The highest BCUT2D eigenvalue weighted by atomic mass is 32.1. The van der Waals surface area contributed by atoms with Crippen LogP contribution in [-0.2, 0) is 35.3 Å². The Balaban J connectivity index is 2.05. The fourth-order valence-corrected chi connectivity index (χ4v) is 4.86. The van der Waals surface area contributed by atoms with Crippen LogP contribution in [-0.4, -0.2) is 34.3 Å². The molecule has 3 rings (SSSR count). The molecule has 0 fully saturated rings. The highest BCUT2D eigenvalue weighted by molar-refractivity contribution is 7.18. The van der Waals surface area contributed by atoms with Gasteiger partial charge >= 0.3 is 5.97 Å². The van der Waals surface area contributed by atoms with Crippen molar-refractivity contribution >= 4 is 27.5 Å². The number of hydrogen-bond acceptors (Lipinski definition) is 5. The molecule has 1 atom stereocenters. The lowest BCUT2D eigenvalue weighted by molar-refractivity contribution is -0.137. The number of carbonyl (C=O) groups is 1. The third-order valence-electron chi connectivity index (χ3n) is 4.80. The Morgan fingerprint density at radius 3 is 3.00 bits per heavy atom. The van der Waals surface area contributed by atoms with Crippen LogP contribution in [0.5, 0.6) is 0 Å². The van der Waals surface area contributed by atoms with Gasteiger partial charge in [0.25, 0.3) is 5.56 Å². The Hall–Kier alpha value is -1.73. The predicted molar refractivity (Wildman–Crippen MR) is 97.5 cm³/mol. The van der Waals surface area contributed by atoms with Crippen LogP contribution in [0.15, 0.2) is 4.79 Å². The van der Waals surface area contributed by atoms with E-state index in [1.54, 1.807) is 23.0 Å². The van der Waals surface area contributed by atoms with Crippen LogP contribution in [0, 0.1) is 5.92 Å². The number of aryl methyl sites for hydroxylation is 1. The zero-order valence-electron chi connectivity index (χ0n) is 14.7. The number of hydrogen-bond donors (Lipinski definition) is 1. The van der Waals surface area contributed by atoms with Crippen molar-refractivity contribution in [3.63, 3.8) is 0 Å². The Kier molecular flexibility index (Phi) is 5.54. The minimum absolute atomic E-state index is 0.0199. The first kappa shape index (κ1) is 18.1. The van der Waals surface area contributed by atoms with Crippen molar-refractivity contribution < 1.29 is 14.6 Å². The van der Waals surface area contributed by atoms with Crippen molar-refractivity contribution in [3.8, 4) is 0 Å². The molecule has 0 saturated carbocycles. The van der Waals surface area contributed by atoms with Gasteiger partial charge in [-0.25, -0.2) is 4.98 Å². The maximum absolute atomic E-state index is 13.1. The Morgan fingerprint density at radius 1 is 1.48 bits per heavy atom. The number of thiophene rings is 1. The van der Waals surface area contributed by atoms with Gasteiger partial charge in [-0.15, -0.1) is 11.3 Å². The molecule has 0 spiro atoms. The van der Waals surface area contributed by atoms with E-state index in [1.165, 1.54) is 10.4 Å². The number of nitrogens with zero attached hydrogens (tertiary/aromatic N) is 2. The van der Waals surface area contributed by atoms with Gasteiger partial charge in [0.15, 0.2) is 0 Å². The second-order valence-corrected chi connectivity index (χ2v) is 7.84. The first-order valence-electron chi connectivity index (χ1n) is 8.76. The SMILES string of the molecule is COCCc1nc2sc3c(c2c(=O)n1CCCC(=O)O)CCC(C)C3. The van der Waals surface area contributed by atoms with E-state index >= 15 is 0 Å². The molecule has 1 unspecified atom stereocenters. The molecule has 0 aliphatic heterocycles. The standard InChI is InChI=1S/C18H24N2O4S/c1-11-5-6-12-13(10-11)25-17-16(12)18(23)20(8-3-4-15(21)22)14(19-17)7-9-24-2/h11H,3-10H2,1-2H3,(H,21,22). The lowest BCUT2D eigenvalue weighted by Crippen LogP contribution is -2.27. The number of aromatic nitrogens is 2. The molecular weight excluding hydrogens is 340 g/mol. The Labute approximate surface area is 150 Å². The predicted octanol–water partition coefficient (Wildman–Crippen LogP) is 2.64. The molecule has 1 aliphatic carbocycles. The van der Waals surface area contributed by atoms with E-state index in [2.05, 4.69) is 6.92 Å². The highest BCUT2D eigenvalue weighted by Crippen LogP contribution is 2.35. The molecule has 6 nitrogen and oxygen atoms in total. The van der Waals surface area contributed by atoms with Crippen LogP contribution < -0.4 is 5.56 Å². The summed E-state index contributed by atoms with van der Waals surface area (Å²) in [5.74, 6) is 0.491. The van der Waals surface area contributed by atoms with E-state index in [1.807, 2.05) is 0 Å². The summed E-state index contributed by atoms with van der Waals surface area (Å²) in [5.41, 5.74) is 1.15. The van der Waals surface area contributed by atoms with Crippen LogP contribution in [0.4, 0.5) is 0 Å². The first-order chi connectivity index (χ1) is 12.0. The Bertz CT molecular complexity index is 840. The molecule has 136 valence electrons. The molecule has 0 aromatic carbocycles. The average molecular weight is 364 g/mol. The van der Waals surface area contributed by atoms with Gasteiger partial charge in [-0.05, 0) is 37.2 Å². The average Bonchev–Trinajstić information content (AvgIpc) is 2.92. The zero-order valence-corrected chi connectivity index (χ0v) is 15.5. The number of fused-ring (bicyclic) bond motifs is 3. The van der Waals surface area contributed by atoms with Crippen molar-refractivity contribution in [2.24, 2.45) is 5.92 Å². The maximum Gasteiger partial charge on any atom is 0.303 e. The fraction of sp³-hybridized carbons (Fsp3) is 0.611. The zero-order chi connectivity index (χ0) is 18.0. The third kappa shape index (κ3) is 3.77. The maximum atomic E-state index is 13.1. The fourth-order valence-electron chi connectivity index (χ4n) is 3.47. The van der Waals surface area contributed by atoms with Gasteiger partial charge in [0.2, 0.25) is 0 Å². The molecule has 25 heavy (non-hydrogen) atoms. The van der Waals surface area contributed by atoms with Gasteiger partial charge in [-0.3, -0.25) is 14.2 Å². The molecule has 1 aliphatic rings. The lowest BCUT2D eigenvalue weighted by Gasteiger charge is -2.17. The van der Waals surface area contributed by atoms with E-state index < -0.39 is 5.97 Å². The number of ether oxygens (including phenoxy) is 1. The molecule has 0 amide bonds. The van der Waals surface area contributed by atoms with Gasteiger partial charge in [0.05, 0.1) is 12.0 Å². The smallest absolute Gasteiger partial charge is 0.303 e. The van der Waals surface area contributed by atoms with Crippen molar-refractivity contribution in [2.45, 2.75) is 52.0 Å². The van der Waals surface area contributed by atoms with Crippen molar-refractivity contribution in [1.29, 1.82) is 0 Å². The first-order valence-corrected chi connectivity index (χ1v) is 9.57. The highest BCUT2D eigenvalue weighted by Gasteiger charge is 2.24. The van der Waals surface area contributed by atoms with E-state index in [4.69, 9.17) is 14.8 Å². The van der Waals surface area contributed by atoms with E-state index in [0.29, 0.717) is 37.7 Å². The molecule has 0 radical (unpaired) electrons. The quantitative estimate of drug-likeness (QED) is 0.817. The number of methoxy groups -OCH3 is 1.